The molecule has 1 aliphatic rings. The van der Waals surface area contributed by atoms with E-state index in [1.165, 1.54) is 0 Å². The van der Waals surface area contributed by atoms with Gasteiger partial charge in [0.15, 0.2) is 0 Å². The number of rotatable bonds is 2. The van der Waals surface area contributed by atoms with Gasteiger partial charge in [-0.15, -0.1) is 22.0 Å². The van der Waals surface area contributed by atoms with Crippen LogP contribution in [-0.2, 0) is 0 Å². The van der Waals surface area contributed by atoms with E-state index in [-0.39, 0.29) is 5.50 Å². The van der Waals surface area contributed by atoms with Crippen molar-refractivity contribution in [3.05, 3.63) is 0 Å². The molecule has 0 amide bonds. The molecule has 8 heavy (non-hydrogen) atoms. The Balaban J connectivity index is 2.27. The van der Waals surface area contributed by atoms with E-state index in [9.17, 15) is 0 Å². The Morgan fingerprint density at radius 2 is 2.00 bits per heavy atom. The fourth-order valence-corrected chi connectivity index (χ4v) is 0.889. The van der Waals surface area contributed by atoms with Crippen LogP contribution in [0.4, 0.5) is 0 Å². The van der Waals surface area contributed by atoms with Crippen molar-refractivity contribution in [1.29, 1.82) is 0 Å². The normalized spacial score (nSPS) is 18.1. The molecule has 0 atom stereocenters. The zero-order chi connectivity index (χ0) is 5.82. The first kappa shape index (κ1) is 5.68. The Bertz CT molecular complexity index is 108. The van der Waals surface area contributed by atoms with Crippen LogP contribution < -0.4 is 0 Å². The lowest BCUT2D eigenvalue weighted by Crippen LogP contribution is -1.87. The molecule has 44 valence electrons. The summed E-state index contributed by atoms with van der Waals surface area (Å²) in [5.41, 5.74) is -0.0556. The summed E-state index contributed by atoms with van der Waals surface area (Å²) in [6.07, 6.45) is 0. The quantitative estimate of drug-likeness (QED) is 0.562. The minimum absolute atomic E-state index is 0.0556. The number of thioether (sulfide) groups is 1. The van der Waals surface area contributed by atoms with E-state index in [1.54, 1.807) is 11.8 Å². The number of hydrogen-bond acceptors (Lipinski definition) is 5. The second kappa shape index (κ2) is 2.76. The molecular weight excluding hydrogens is 124 g/mol. The molecule has 5 heteroatoms. The second-order valence-corrected chi connectivity index (χ2v) is 2.52. The second-order valence-electron chi connectivity index (χ2n) is 1.19. The summed E-state index contributed by atoms with van der Waals surface area (Å²) in [5.74, 6) is 1.00. The Morgan fingerprint density at radius 3 is 2.50 bits per heavy atom. The molecule has 0 fully saturated rings. The van der Waals surface area contributed by atoms with Gasteiger partial charge in [-0.2, -0.15) is 0 Å². The van der Waals surface area contributed by atoms with Gasteiger partial charge in [0.05, 0.1) is 0 Å². The molecule has 0 saturated carbocycles. The van der Waals surface area contributed by atoms with Gasteiger partial charge in [-0.05, 0) is 16.2 Å². The summed E-state index contributed by atoms with van der Waals surface area (Å²) in [5, 5.41) is 14.1. The van der Waals surface area contributed by atoms with E-state index in [0.717, 1.165) is 5.75 Å². The standard InChI is InChI=1S/C3H6N4S/c1-2-8-3-4-6-7-5-3/h3H,2H2,1H3. The van der Waals surface area contributed by atoms with Crippen LogP contribution in [0, 0.1) is 0 Å². The van der Waals surface area contributed by atoms with Gasteiger partial charge >= 0.3 is 0 Å². The summed E-state index contributed by atoms with van der Waals surface area (Å²) >= 11 is 1.62. The Hall–Kier alpha value is -0.450. The monoisotopic (exact) mass is 130 g/mol. The molecule has 0 saturated heterocycles. The highest BCUT2D eigenvalue weighted by Crippen LogP contribution is 2.17. The zero-order valence-corrected chi connectivity index (χ0v) is 5.30. The molecule has 0 unspecified atom stereocenters. The smallest absolute Gasteiger partial charge is 0.127 e. The van der Waals surface area contributed by atoms with Crippen molar-refractivity contribution in [1.82, 2.24) is 0 Å². The predicted molar refractivity (Wildman–Crippen MR) is 31.6 cm³/mol. The molecule has 1 aliphatic heterocycles. The van der Waals surface area contributed by atoms with Crippen molar-refractivity contribution < 1.29 is 0 Å². The molecule has 0 aromatic heterocycles. The van der Waals surface area contributed by atoms with Gasteiger partial charge in [0.1, 0.15) is 0 Å². The SMILES string of the molecule is CCSC1N=NN=N1. The van der Waals surface area contributed by atoms with Gasteiger partial charge in [-0.1, -0.05) is 6.92 Å². The minimum Gasteiger partial charge on any atom is -0.127 e. The molecule has 1 rings (SSSR count). The van der Waals surface area contributed by atoms with Crippen LogP contribution in [0.3, 0.4) is 0 Å². The van der Waals surface area contributed by atoms with Crippen molar-refractivity contribution in [2.45, 2.75) is 12.4 Å². The van der Waals surface area contributed by atoms with Crippen LogP contribution in [0.15, 0.2) is 20.7 Å². The van der Waals surface area contributed by atoms with Crippen LogP contribution in [-0.4, -0.2) is 11.3 Å². The van der Waals surface area contributed by atoms with Crippen LogP contribution in [0.5, 0.6) is 0 Å². The largest absolute Gasteiger partial charge is 0.230 e. The highest BCUT2D eigenvalue weighted by Gasteiger charge is 2.06. The average Bonchev–Trinajstić information content (AvgIpc) is 2.19. The molecule has 0 radical (unpaired) electrons. The van der Waals surface area contributed by atoms with Gasteiger partial charge in [-0.3, -0.25) is 0 Å². The first-order chi connectivity index (χ1) is 3.93. The van der Waals surface area contributed by atoms with Crippen molar-refractivity contribution in [3.63, 3.8) is 0 Å². The first-order valence-electron chi connectivity index (χ1n) is 2.35. The molecule has 0 aliphatic carbocycles. The lowest BCUT2D eigenvalue weighted by molar-refractivity contribution is 0.968. The summed E-state index contributed by atoms with van der Waals surface area (Å²) in [6, 6.07) is 0. The molecule has 0 spiro atoms. The van der Waals surface area contributed by atoms with Crippen molar-refractivity contribution >= 4 is 11.8 Å². The van der Waals surface area contributed by atoms with Gasteiger partial charge in [-0.25, -0.2) is 0 Å². The summed E-state index contributed by atoms with van der Waals surface area (Å²) in [4.78, 5) is 0. The fraction of sp³-hybridized carbons (Fsp3) is 1.00. The van der Waals surface area contributed by atoms with E-state index in [2.05, 4.69) is 20.7 Å². The van der Waals surface area contributed by atoms with Crippen molar-refractivity contribution in [3.8, 4) is 0 Å². The van der Waals surface area contributed by atoms with E-state index in [1.807, 2.05) is 6.92 Å². The van der Waals surface area contributed by atoms with Crippen molar-refractivity contribution in [2.75, 3.05) is 5.75 Å². The van der Waals surface area contributed by atoms with Gasteiger partial charge in [0.2, 0.25) is 5.50 Å². The highest BCUT2D eigenvalue weighted by molar-refractivity contribution is 7.99. The van der Waals surface area contributed by atoms with Gasteiger partial charge in [0, 0.05) is 0 Å². The third kappa shape index (κ3) is 1.26. The third-order valence-corrected chi connectivity index (χ3v) is 1.48. The van der Waals surface area contributed by atoms with Crippen LogP contribution in [0.25, 0.3) is 0 Å². The maximum absolute atomic E-state index is 3.68. The predicted octanol–water partition coefficient (Wildman–Crippen LogP) is 1.86. The van der Waals surface area contributed by atoms with E-state index < -0.39 is 0 Å². The van der Waals surface area contributed by atoms with E-state index in [4.69, 9.17) is 0 Å². The average molecular weight is 130 g/mol. The van der Waals surface area contributed by atoms with E-state index >= 15 is 0 Å². The number of hydrogen-bond donors (Lipinski definition) is 0. The van der Waals surface area contributed by atoms with Crippen molar-refractivity contribution in [2.24, 2.45) is 20.7 Å². The molecule has 0 aromatic carbocycles. The molecule has 1 heterocycles. The lowest BCUT2D eigenvalue weighted by atomic mass is 11.0. The number of nitrogens with zero attached hydrogens (tertiary/aromatic N) is 4. The van der Waals surface area contributed by atoms with Crippen LogP contribution in [0.2, 0.25) is 0 Å². The summed E-state index contributed by atoms with van der Waals surface area (Å²) in [6.45, 7) is 2.05. The molecule has 0 N–H and O–H groups in total. The Labute approximate surface area is 51.5 Å². The van der Waals surface area contributed by atoms with Crippen LogP contribution in [0.1, 0.15) is 6.92 Å². The van der Waals surface area contributed by atoms with Gasteiger partial charge in [0.25, 0.3) is 0 Å². The third-order valence-electron chi connectivity index (χ3n) is 0.657. The Morgan fingerprint density at radius 1 is 1.38 bits per heavy atom. The zero-order valence-electron chi connectivity index (χ0n) is 4.48. The molecular formula is C3H6N4S. The fourth-order valence-electron chi connectivity index (χ4n) is 0.373. The lowest BCUT2D eigenvalue weighted by Gasteiger charge is -1.92. The van der Waals surface area contributed by atoms with Crippen LogP contribution >= 0.6 is 11.8 Å². The molecule has 0 bridgehead atoms. The molecule has 4 nitrogen and oxygen atoms in total. The van der Waals surface area contributed by atoms with E-state index in [0.29, 0.717) is 0 Å². The maximum Gasteiger partial charge on any atom is 0.230 e. The Kier molecular flexibility index (Phi) is 1.96. The van der Waals surface area contributed by atoms with Gasteiger partial charge < -0.3 is 0 Å². The summed E-state index contributed by atoms with van der Waals surface area (Å²) < 4.78 is 0. The summed E-state index contributed by atoms with van der Waals surface area (Å²) in [7, 11) is 0. The topological polar surface area (TPSA) is 49.4 Å². The first-order valence-corrected chi connectivity index (χ1v) is 3.40. The minimum atomic E-state index is -0.0556. The maximum atomic E-state index is 3.68. The highest BCUT2D eigenvalue weighted by atomic mass is 32.2. The molecule has 0 aromatic rings.